The molecule has 37 heavy (non-hydrogen) atoms. The van der Waals surface area contributed by atoms with Gasteiger partial charge in [-0.2, -0.15) is 0 Å². The van der Waals surface area contributed by atoms with Crippen molar-refractivity contribution in [3.8, 4) is 0 Å². The first-order valence-corrected chi connectivity index (χ1v) is 13.1. The summed E-state index contributed by atoms with van der Waals surface area (Å²) < 4.78 is 5.55. The molecule has 0 bridgehead atoms. The van der Waals surface area contributed by atoms with Gasteiger partial charge in [-0.1, -0.05) is 102 Å². The zero-order valence-corrected chi connectivity index (χ0v) is 22.1. The summed E-state index contributed by atoms with van der Waals surface area (Å²) in [6, 6.07) is 34.5. The molecule has 5 heteroatoms. The molecule has 0 spiro atoms. The molecule has 1 aliphatic rings. The van der Waals surface area contributed by atoms with E-state index in [1.165, 1.54) is 23.1 Å². The van der Waals surface area contributed by atoms with Crippen LogP contribution >= 0.6 is 12.4 Å². The molecule has 1 aliphatic heterocycles. The Morgan fingerprint density at radius 2 is 1.32 bits per heavy atom. The normalized spacial score (nSPS) is 14.7. The Kier molecular flexibility index (Phi) is 10.1. The fourth-order valence-electron chi connectivity index (χ4n) is 5.04. The second-order valence-corrected chi connectivity index (χ2v) is 9.52. The van der Waals surface area contributed by atoms with E-state index in [1.807, 2.05) is 24.3 Å². The van der Waals surface area contributed by atoms with Crippen LogP contribution in [0.2, 0.25) is 0 Å². The van der Waals surface area contributed by atoms with Gasteiger partial charge in [-0.25, -0.2) is 0 Å². The molecule has 3 aromatic carbocycles. The van der Waals surface area contributed by atoms with E-state index in [9.17, 15) is 0 Å². The van der Waals surface area contributed by atoms with Crippen LogP contribution in [0, 0.1) is 0 Å². The number of benzene rings is 3. The fraction of sp³-hybridized carbons (Fsp3) is 0.281. The molecule has 0 N–H and O–H groups in total. The standard InChI is InChI=1S/C32H35N3O.ClH/c1-4-12-27(13-5-1)19-20-30-26-31(36-33-30)18-10-11-21-34-22-24-35(25-23-34)32(28-14-6-2-7-15-28)29-16-8-3-9-17-29;/h1-9,12-17,19-20,26,32H,10-11,18,21-25H2;1H/b20-19+;. The zero-order valence-electron chi connectivity index (χ0n) is 21.3. The van der Waals surface area contributed by atoms with E-state index in [0.717, 1.165) is 57.0 Å². The highest BCUT2D eigenvalue weighted by Crippen LogP contribution is 2.29. The van der Waals surface area contributed by atoms with Gasteiger partial charge in [0.2, 0.25) is 0 Å². The Morgan fingerprint density at radius 1 is 0.730 bits per heavy atom. The number of rotatable bonds is 10. The molecule has 1 aromatic heterocycles. The lowest BCUT2D eigenvalue weighted by Crippen LogP contribution is -2.48. The topological polar surface area (TPSA) is 32.5 Å². The number of piperazine rings is 1. The number of aryl methyl sites for hydroxylation is 1. The minimum Gasteiger partial charge on any atom is -0.361 e. The second-order valence-electron chi connectivity index (χ2n) is 9.52. The van der Waals surface area contributed by atoms with E-state index in [-0.39, 0.29) is 12.4 Å². The number of nitrogens with zero attached hydrogens (tertiary/aromatic N) is 3. The van der Waals surface area contributed by atoms with Crippen LogP contribution in [0.1, 0.15) is 47.0 Å². The summed E-state index contributed by atoms with van der Waals surface area (Å²) in [5.74, 6) is 0.973. The first-order chi connectivity index (χ1) is 17.8. The molecule has 0 aliphatic carbocycles. The van der Waals surface area contributed by atoms with Crippen molar-refractivity contribution in [3.05, 3.63) is 125 Å². The third-order valence-corrected chi connectivity index (χ3v) is 6.97. The first kappa shape index (κ1) is 26.9. The third-order valence-electron chi connectivity index (χ3n) is 6.97. The largest absolute Gasteiger partial charge is 0.361 e. The van der Waals surface area contributed by atoms with Crippen molar-refractivity contribution in [3.63, 3.8) is 0 Å². The smallest absolute Gasteiger partial charge is 0.137 e. The van der Waals surface area contributed by atoms with Crippen LogP contribution in [-0.4, -0.2) is 47.7 Å². The maximum absolute atomic E-state index is 5.55. The average Bonchev–Trinajstić information content (AvgIpc) is 3.40. The molecule has 192 valence electrons. The molecular formula is C32H36ClN3O. The van der Waals surface area contributed by atoms with Gasteiger partial charge in [-0.05, 0) is 42.2 Å². The van der Waals surface area contributed by atoms with Crippen LogP contribution in [-0.2, 0) is 6.42 Å². The maximum Gasteiger partial charge on any atom is 0.137 e. The molecule has 4 aromatic rings. The van der Waals surface area contributed by atoms with E-state index < -0.39 is 0 Å². The van der Waals surface area contributed by atoms with Gasteiger partial charge in [-0.3, -0.25) is 4.90 Å². The molecule has 4 nitrogen and oxygen atoms in total. The van der Waals surface area contributed by atoms with Crippen LogP contribution in [0.25, 0.3) is 12.2 Å². The lowest BCUT2D eigenvalue weighted by molar-refractivity contribution is 0.108. The van der Waals surface area contributed by atoms with Crippen LogP contribution in [0.3, 0.4) is 0 Å². The summed E-state index contributed by atoms with van der Waals surface area (Å²) >= 11 is 0. The fourth-order valence-corrected chi connectivity index (χ4v) is 5.04. The van der Waals surface area contributed by atoms with Crippen molar-refractivity contribution in [2.45, 2.75) is 25.3 Å². The molecule has 0 amide bonds. The lowest BCUT2D eigenvalue weighted by atomic mass is 9.96. The third kappa shape index (κ3) is 7.65. The summed E-state index contributed by atoms with van der Waals surface area (Å²) in [5.41, 5.74) is 4.81. The summed E-state index contributed by atoms with van der Waals surface area (Å²) in [7, 11) is 0. The predicted octanol–water partition coefficient (Wildman–Crippen LogP) is 7.00. The number of aromatic nitrogens is 1. The lowest BCUT2D eigenvalue weighted by Gasteiger charge is -2.39. The number of unbranched alkanes of at least 4 members (excludes halogenated alkanes) is 1. The molecule has 0 atom stereocenters. The number of hydrogen-bond acceptors (Lipinski definition) is 4. The van der Waals surface area contributed by atoms with Crippen LogP contribution in [0.5, 0.6) is 0 Å². The first-order valence-electron chi connectivity index (χ1n) is 13.1. The maximum atomic E-state index is 5.55. The summed E-state index contributed by atoms with van der Waals surface area (Å²) in [5, 5.41) is 4.20. The van der Waals surface area contributed by atoms with Gasteiger partial charge in [0, 0.05) is 38.7 Å². The number of hydrogen-bond donors (Lipinski definition) is 0. The highest BCUT2D eigenvalue weighted by atomic mass is 35.5. The van der Waals surface area contributed by atoms with Gasteiger partial charge in [0.15, 0.2) is 0 Å². The molecule has 1 fully saturated rings. The Morgan fingerprint density at radius 3 is 1.95 bits per heavy atom. The van der Waals surface area contributed by atoms with Crippen molar-refractivity contribution in [1.29, 1.82) is 0 Å². The number of halogens is 1. The van der Waals surface area contributed by atoms with Crippen molar-refractivity contribution in [2.75, 3.05) is 32.7 Å². The van der Waals surface area contributed by atoms with Crippen molar-refractivity contribution < 1.29 is 4.52 Å². The Balaban J connectivity index is 0.00000320. The van der Waals surface area contributed by atoms with E-state index in [0.29, 0.717) is 6.04 Å². The quantitative estimate of drug-likeness (QED) is 0.214. The minimum atomic E-state index is 0. The van der Waals surface area contributed by atoms with E-state index in [2.05, 4.69) is 99.9 Å². The Hall–Kier alpha value is -3.18. The average molecular weight is 514 g/mol. The van der Waals surface area contributed by atoms with E-state index in [4.69, 9.17) is 4.52 Å². The molecule has 0 unspecified atom stereocenters. The van der Waals surface area contributed by atoms with Crippen LogP contribution < -0.4 is 0 Å². The molecule has 2 heterocycles. The molecular weight excluding hydrogens is 478 g/mol. The van der Waals surface area contributed by atoms with Gasteiger partial charge in [0.05, 0.1) is 6.04 Å². The van der Waals surface area contributed by atoms with Crippen LogP contribution in [0.4, 0.5) is 0 Å². The van der Waals surface area contributed by atoms with Gasteiger partial charge >= 0.3 is 0 Å². The van der Waals surface area contributed by atoms with Gasteiger partial charge in [0.25, 0.3) is 0 Å². The van der Waals surface area contributed by atoms with Gasteiger partial charge in [0.1, 0.15) is 11.5 Å². The van der Waals surface area contributed by atoms with Crippen LogP contribution in [0.15, 0.2) is 102 Å². The van der Waals surface area contributed by atoms with Crippen molar-refractivity contribution in [2.24, 2.45) is 0 Å². The second kappa shape index (κ2) is 13.9. The Labute approximate surface area is 227 Å². The molecule has 1 saturated heterocycles. The van der Waals surface area contributed by atoms with Gasteiger partial charge < -0.3 is 9.42 Å². The monoisotopic (exact) mass is 513 g/mol. The SMILES string of the molecule is C(=C\c1cc(CCCCN2CCN(C(c3ccccc3)c3ccccc3)CC2)on1)/c1ccccc1.Cl. The highest BCUT2D eigenvalue weighted by molar-refractivity contribution is 5.85. The minimum absolute atomic E-state index is 0. The van der Waals surface area contributed by atoms with E-state index >= 15 is 0 Å². The van der Waals surface area contributed by atoms with Gasteiger partial charge in [-0.15, -0.1) is 12.4 Å². The highest BCUT2D eigenvalue weighted by Gasteiger charge is 2.26. The van der Waals surface area contributed by atoms with Crippen molar-refractivity contribution in [1.82, 2.24) is 15.0 Å². The molecule has 0 radical (unpaired) electrons. The summed E-state index contributed by atoms with van der Waals surface area (Å²) in [6.45, 7) is 5.56. The van der Waals surface area contributed by atoms with Crippen molar-refractivity contribution >= 4 is 24.6 Å². The Bertz CT molecular complexity index is 1160. The summed E-state index contributed by atoms with van der Waals surface area (Å²) in [4.78, 5) is 5.25. The molecule has 5 rings (SSSR count). The zero-order chi connectivity index (χ0) is 24.4. The predicted molar refractivity (Wildman–Crippen MR) is 155 cm³/mol. The molecule has 0 saturated carbocycles. The van der Waals surface area contributed by atoms with E-state index in [1.54, 1.807) is 0 Å². The summed E-state index contributed by atoms with van der Waals surface area (Å²) in [6.07, 6.45) is 7.32.